The molecule has 2 aromatic heterocycles. The Labute approximate surface area is 169 Å². The van der Waals surface area contributed by atoms with Crippen molar-refractivity contribution in [2.75, 3.05) is 18.4 Å². The molecule has 0 radical (unpaired) electrons. The average Bonchev–Trinajstić information content (AvgIpc) is 3.17. The highest BCUT2D eigenvalue weighted by atomic mass is 16.2. The van der Waals surface area contributed by atoms with Gasteiger partial charge in [0.2, 0.25) is 11.8 Å². The van der Waals surface area contributed by atoms with Crippen LogP contribution in [0.1, 0.15) is 30.7 Å². The highest BCUT2D eigenvalue weighted by Crippen LogP contribution is 2.20. The summed E-state index contributed by atoms with van der Waals surface area (Å²) in [5, 5.41) is 2.91. The third-order valence-corrected chi connectivity index (χ3v) is 5.41. The smallest absolute Gasteiger partial charge is 0.230 e. The van der Waals surface area contributed by atoms with Crippen molar-refractivity contribution < 1.29 is 9.59 Å². The minimum Gasteiger partial charge on any atom is -0.342 e. The molecule has 1 aliphatic rings. The van der Waals surface area contributed by atoms with E-state index in [1.165, 1.54) is 0 Å². The molecule has 2 N–H and O–H groups in total. The molecule has 0 saturated carbocycles. The Kier molecular flexibility index (Phi) is 5.55. The fourth-order valence-corrected chi connectivity index (χ4v) is 3.76. The summed E-state index contributed by atoms with van der Waals surface area (Å²) in [5.41, 5.74) is 2.82. The van der Waals surface area contributed by atoms with Gasteiger partial charge in [-0.25, -0.2) is 9.97 Å². The molecule has 3 aromatic rings. The number of carbonyl (C=O) groups excluding carboxylic acids is 2. The predicted molar refractivity (Wildman–Crippen MR) is 111 cm³/mol. The first kappa shape index (κ1) is 19.1. The fourth-order valence-electron chi connectivity index (χ4n) is 3.76. The number of rotatable bonds is 5. The Morgan fingerprint density at radius 1 is 1.24 bits per heavy atom. The minimum atomic E-state index is -0.208. The molecule has 0 bridgehead atoms. The van der Waals surface area contributed by atoms with E-state index in [9.17, 15) is 9.59 Å². The molecule has 1 unspecified atom stereocenters. The van der Waals surface area contributed by atoms with E-state index in [1.54, 1.807) is 6.20 Å². The number of H-pyrrole nitrogens is 1. The number of amides is 2. The number of hydrogen-bond acceptors (Lipinski definition) is 4. The van der Waals surface area contributed by atoms with Crippen LogP contribution in [0, 0.1) is 12.8 Å². The van der Waals surface area contributed by atoms with Crippen LogP contribution in [0.3, 0.4) is 0 Å². The van der Waals surface area contributed by atoms with E-state index >= 15 is 0 Å². The molecule has 29 heavy (non-hydrogen) atoms. The maximum absolute atomic E-state index is 12.7. The van der Waals surface area contributed by atoms with Crippen molar-refractivity contribution in [2.45, 2.75) is 32.6 Å². The van der Waals surface area contributed by atoms with Crippen LogP contribution in [0.15, 0.2) is 42.6 Å². The number of carbonyl (C=O) groups is 2. The molecule has 4 rings (SSSR count). The van der Waals surface area contributed by atoms with Crippen molar-refractivity contribution in [1.29, 1.82) is 0 Å². The van der Waals surface area contributed by atoms with Crippen LogP contribution in [0.2, 0.25) is 0 Å². The van der Waals surface area contributed by atoms with Crippen LogP contribution in [-0.2, 0) is 16.0 Å². The molecule has 1 aromatic carbocycles. The lowest BCUT2D eigenvalue weighted by Gasteiger charge is -2.32. The summed E-state index contributed by atoms with van der Waals surface area (Å²) in [6, 6.07) is 11.6. The monoisotopic (exact) mass is 391 g/mol. The SMILES string of the molecule is Cc1cccnc1NC(=O)C1CCCN(C(=O)CCc2nc3ccccc3[nH]2)C1. The molecule has 150 valence electrons. The van der Waals surface area contributed by atoms with Crippen LogP contribution in [-0.4, -0.2) is 44.8 Å². The normalized spacial score (nSPS) is 16.7. The number of likely N-dealkylation sites (tertiary alicyclic amines) is 1. The molecular weight excluding hydrogens is 366 g/mol. The van der Waals surface area contributed by atoms with Gasteiger partial charge in [0.25, 0.3) is 0 Å². The number of aryl methyl sites for hydroxylation is 2. The summed E-state index contributed by atoms with van der Waals surface area (Å²) in [6.45, 7) is 3.07. The number of hydrogen-bond donors (Lipinski definition) is 2. The molecule has 2 amide bonds. The molecule has 0 aliphatic carbocycles. The number of nitrogens with zero attached hydrogens (tertiary/aromatic N) is 3. The standard InChI is InChI=1S/C22H25N5O2/c1-15-6-4-12-23-21(15)26-22(29)16-7-5-13-27(14-16)20(28)11-10-19-24-17-8-2-3-9-18(17)25-19/h2-4,6,8-9,12,16H,5,7,10-11,13-14H2,1H3,(H,24,25)(H,23,26,29). The molecule has 1 saturated heterocycles. The number of aromatic amines is 1. The molecule has 1 fully saturated rings. The molecule has 7 nitrogen and oxygen atoms in total. The van der Waals surface area contributed by atoms with E-state index < -0.39 is 0 Å². The minimum absolute atomic E-state index is 0.0666. The van der Waals surface area contributed by atoms with E-state index in [1.807, 2.05) is 48.2 Å². The van der Waals surface area contributed by atoms with E-state index in [4.69, 9.17) is 0 Å². The van der Waals surface area contributed by atoms with Gasteiger partial charge in [-0.3, -0.25) is 9.59 Å². The lowest BCUT2D eigenvalue weighted by molar-refractivity contribution is -0.134. The first-order chi connectivity index (χ1) is 14.1. The summed E-state index contributed by atoms with van der Waals surface area (Å²) < 4.78 is 0. The predicted octanol–water partition coefficient (Wildman–Crippen LogP) is 3.08. The second kappa shape index (κ2) is 8.43. The van der Waals surface area contributed by atoms with Crippen LogP contribution >= 0.6 is 0 Å². The van der Waals surface area contributed by atoms with Gasteiger partial charge < -0.3 is 15.2 Å². The maximum atomic E-state index is 12.7. The van der Waals surface area contributed by atoms with Gasteiger partial charge in [0.1, 0.15) is 11.6 Å². The highest BCUT2D eigenvalue weighted by molar-refractivity contribution is 5.93. The van der Waals surface area contributed by atoms with Crippen molar-refractivity contribution in [3.05, 3.63) is 54.0 Å². The first-order valence-electron chi connectivity index (χ1n) is 10.0. The van der Waals surface area contributed by atoms with Gasteiger partial charge in [0, 0.05) is 32.1 Å². The number of imidazole rings is 1. The van der Waals surface area contributed by atoms with E-state index in [-0.39, 0.29) is 17.7 Å². The second-order valence-corrected chi connectivity index (χ2v) is 7.54. The lowest BCUT2D eigenvalue weighted by Crippen LogP contribution is -2.44. The number of pyridine rings is 1. The quantitative estimate of drug-likeness (QED) is 0.699. The Balaban J connectivity index is 1.33. The van der Waals surface area contributed by atoms with Crippen molar-refractivity contribution in [3.8, 4) is 0 Å². The summed E-state index contributed by atoms with van der Waals surface area (Å²) in [4.78, 5) is 39.2. The zero-order valence-electron chi connectivity index (χ0n) is 16.5. The Morgan fingerprint density at radius 2 is 2.10 bits per heavy atom. The van der Waals surface area contributed by atoms with Gasteiger partial charge >= 0.3 is 0 Å². The summed E-state index contributed by atoms with van der Waals surface area (Å²) in [6.07, 6.45) is 4.22. The van der Waals surface area contributed by atoms with Crippen molar-refractivity contribution >= 4 is 28.7 Å². The van der Waals surface area contributed by atoms with Crippen LogP contribution in [0.25, 0.3) is 11.0 Å². The highest BCUT2D eigenvalue weighted by Gasteiger charge is 2.28. The number of para-hydroxylation sites is 2. The maximum Gasteiger partial charge on any atom is 0.230 e. The first-order valence-corrected chi connectivity index (χ1v) is 10.0. The molecule has 7 heteroatoms. The Hall–Kier alpha value is -3.22. The summed E-state index contributed by atoms with van der Waals surface area (Å²) in [7, 11) is 0. The Morgan fingerprint density at radius 3 is 2.93 bits per heavy atom. The zero-order valence-corrected chi connectivity index (χ0v) is 16.5. The summed E-state index contributed by atoms with van der Waals surface area (Å²) in [5.74, 6) is 1.20. The van der Waals surface area contributed by atoms with E-state index in [0.717, 1.165) is 35.3 Å². The molecule has 1 aliphatic heterocycles. The molecular formula is C22H25N5O2. The number of benzene rings is 1. The van der Waals surface area contributed by atoms with Gasteiger partial charge in [-0.05, 0) is 43.5 Å². The van der Waals surface area contributed by atoms with Gasteiger partial charge in [0.15, 0.2) is 0 Å². The molecule has 0 spiro atoms. The number of fused-ring (bicyclic) bond motifs is 1. The van der Waals surface area contributed by atoms with Gasteiger partial charge in [-0.15, -0.1) is 0 Å². The van der Waals surface area contributed by atoms with E-state index in [0.29, 0.717) is 31.7 Å². The molecule has 3 heterocycles. The van der Waals surface area contributed by atoms with Gasteiger partial charge in [-0.2, -0.15) is 0 Å². The molecule has 1 atom stereocenters. The number of nitrogens with one attached hydrogen (secondary N) is 2. The topological polar surface area (TPSA) is 91.0 Å². The summed E-state index contributed by atoms with van der Waals surface area (Å²) >= 11 is 0. The third-order valence-electron chi connectivity index (χ3n) is 5.41. The van der Waals surface area contributed by atoms with Crippen molar-refractivity contribution in [2.24, 2.45) is 5.92 Å². The van der Waals surface area contributed by atoms with Crippen LogP contribution in [0.4, 0.5) is 5.82 Å². The zero-order chi connectivity index (χ0) is 20.2. The third kappa shape index (κ3) is 4.45. The van der Waals surface area contributed by atoms with Crippen LogP contribution < -0.4 is 5.32 Å². The van der Waals surface area contributed by atoms with Gasteiger partial charge in [0.05, 0.1) is 17.0 Å². The second-order valence-electron chi connectivity index (χ2n) is 7.54. The largest absolute Gasteiger partial charge is 0.342 e. The van der Waals surface area contributed by atoms with Crippen molar-refractivity contribution in [1.82, 2.24) is 19.9 Å². The Bertz CT molecular complexity index is 996. The van der Waals surface area contributed by atoms with Gasteiger partial charge in [-0.1, -0.05) is 18.2 Å². The average molecular weight is 391 g/mol. The number of piperidine rings is 1. The number of anilines is 1. The van der Waals surface area contributed by atoms with Crippen LogP contribution in [0.5, 0.6) is 0 Å². The fraction of sp³-hybridized carbons (Fsp3) is 0.364. The number of aromatic nitrogens is 3. The van der Waals surface area contributed by atoms with E-state index in [2.05, 4.69) is 20.3 Å². The lowest BCUT2D eigenvalue weighted by atomic mass is 9.96. The van der Waals surface area contributed by atoms with Crippen molar-refractivity contribution in [3.63, 3.8) is 0 Å².